The van der Waals surface area contributed by atoms with Crippen LogP contribution >= 0.6 is 0 Å². The molecular formula is C19H35NO4. The van der Waals surface area contributed by atoms with Crippen molar-refractivity contribution in [2.75, 3.05) is 13.2 Å². The molecule has 0 spiro atoms. The first-order valence-corrected chi connectivity index (χ1v) is 9.36. The van der Waals surface area contributed by atoms with Crippen molar-refractivity contribution in [2.45, 2.75) is 96.2 Å². The SMILES string of the molecule is CC(=O)OC[C@]1(O)CCCCC1CON1C(C)(C)CCCC1(C)C. The minimum atomic E-state index is -0.964. The lowest BCUT2D eigenvalue weighted by atomic mass is 9.76. The van der Waals surface area contributed by atoms with Gasteiger partial charge in [0.1, 0.15) is 12.2 Å². The molecule has 0 aromatic carbocycles. The van der Waals surface area contributed by atoms with E-state index in [2.05, 4.69) is 32.8 Å². The lowest BCUT2D eigenvalue weighted by Gasteiger charge is -2.52. The molecule has 140 valence electrons. The molecule has 0 aromatic heterocycles. The second-order valence-corrected chi connectivity index (χ2v) is 8.90. The van der Waals surface area contributed by atoms with Gasteiger partial charge in [0.05, 0.1) is 6.61 Å². The predicted octanol–water partition coefficient (Wildman–Crippen LogP) is 3.45. The Kier molecular flexibility index (Phi) is 5.99. The summed E-state index contributed by atoms with van der Waals surface area (Å²) in [6, 6.07) is 0. The van der Waals surface area contributed by atoms with E-state index in [0.29, 0.717) is 13.0 Å². The molecule has 0 radical (unpaired) electrons. The maximum absolute atomic E-state index is 11.1. The third kappa shape index (κ3) is 4.50. The Morgan fingerprint density at radius 3 is 2.29 bits per heavy atom. The number of carbonyl (C=O) groups is 1. The lowest BCUT2D eigenvalue weighted by Crippen LogP contribution is -2.59. The summed E-state index contributed by atoms with van der Waals surface area (Å²) < 4.78 is 5.13. The predicted molar refractivity (Wildman–Crippen MR) is 93.3 cm³/mol. The fourth-order valence-corrected chi connectivity index (χ4v) is 4.44. The fraction of sp³-hybridized carbons (Fsp3) is 0.947. The van der Waals surface area contributed by atoms with E-state index in [1.807, 2.05) is 0 Å². The van der Waals surface area contributed by atoms with Crippen molar-refractivity contribution in [1.82, 2.24) is 5.06 Å². The van der Waals surface area contributed by atoms with Gasteiger partial charge in [-0.1, -0.05) is 12.8 Å². The van der Waals surface area contributed by atoms with Crippen LogP contribution in [0.2, 0.25) is 0 Å². The average molecular weight is 341 g/mol. The molecule has 1 saturated carbocycles. The zero-order chi connectivity index (χ0) is 18.0. The van der Waals surface area contributed by atoms with E-state index in [9.17, 15) is 9.90 Å². The van der Waals surface area contributed by atoms with Gasteiger partial charge in [0, 0.05) is 23.9 Å². The van der Waals surface area contributed by atoms with Gasteiger partial charge in [0.15, 0.2) is 0 Å². The van der Waals surface area contributed by atoms with Gasteiger partial charge in [-0.25, -0.2) is 0 Å². The lowest BCUT2D eigenvalue weighted by molar-refractivity contribution is -0.295. The number of hydroxylamine groups is 2. The topological polar surface area (TPSA) is 59.0 Å². The number of ether oxygens (including phenoxy) is 1. The Morgan fingerprint density at radius 1 is 1.08 bits per heavy atom. The molecule has 2 aliphatic rings. The molecule has 5 nitrogen and oxygen atoms in total. The molecule has 1 unspecified atom stereocenters. The second-order valence-electron chi connectivity index (χ2n) is 8.90. The van der Waals surface area contributed by atoms with Crippen LogP contribution in [-0.2, 0) is 14.4 Å². The first kappa shape index (κ1) is 19.7. The molecular weight excluding hydrogens is 306 g/mol. The molecule has 0 amide bonds. The molecule has 0 bridgehead atoms. The second kappa shape index (κ2) is 7.30. The number of nitrogens with zero attached hydrogens (tertiary/aromatic N) is 1. The highest BCUT2D eigenvalue weighted by Gasteiger charge is 2.45. The normalized spacial score (nSPS) is 33.2. The summed E-state index contributed by atoms with van der Waals surface area (Å²) in [6.45, 7) is 10.8. The third-order valence-electron chi connectivity index (χ3n) is 5.78. The van der Waals surface area contributed by atoms with E-state index < -0.39 is 5.60 Å². The molecule has 1 N–H and O–H groups in total. The van der Waals surface area contributed by atoms with Gasteiger partial charge in [-0.15, -0.1) is 0 Å². The quantitative estimate of drug-likeness (QED) is 0.776. The number of rotatable bonds is 5. The van der Waals surface area contributed by atoms with Crippen LogP contribution in [0.15, 0.2) is 0 Å². The maximum atomic E-state index is 11.1. The van der Waals surface area contributed by atoms with Crippen LogP contribution in [0.25, 0.3) is 0 Å². The summed E-state index contributed by atoms with van der Waals surface area (Å²) in [6.07, 6.45) is 7.06. The standard InChI is InChI=1S/C19H35NO4/c1-15(21)23-14-19(22)12-7-6-9-16(19)13-24-20-17(2,3)10-8-11-18(20,4)5/h16,22H,6-14H2,1-5H3/t16?,19-/m1/s1. The third-order valence-corrected chi connectivity index (χ3v) is 5.78. The fourth-order valence-electron chi connectivity index (χ4n) is 4.44. The molecule has 1 heterocycles. The van der Waals surface area contributed by atoms with Crippen LogP contribution in [0.4, 0.5) is 0 Å². The highest BCUT2D eigenvalue weighted by molar-refractivity contribution is 5.65. The van der Waals surface area contributed by atoms with E-state index in [0.717, 1.165) is 32.1 Å². The molecule has 1 aliphatic heterocycles. The summed E-state index contributed by atoms with van der Waals surface area (Å²) in [5.41, 5.74) is -0.983. The van der Waals surface area contributed by atoms with Crippen molar-refractivity contribution in [2.24, 2.45) is 5.92 Å². The Labute approximate surface area is 146 Å². The van der Waals surface area contributed by atoms with E-state index in [-0.39, 0.29) is 29.6 Å². The van der Waals surface area contributed by atoms with Crippen LogP contribution in [0.5, 0.6) is 0 Å². The van der Waals surface area contributed by atoms with Gasteiger partial charge in [-0.2, -0.15) is 5.06 Å². The molecule has 0 aromatic rings. The number of hydrogen-bond donors (Lipinski definition) is 1. The number of piperidine rings is 1. The minimum Gasteiger partial charge on any atom is -0.463 e. The van der Waals surface area contributed by atoms with Crippen molar-refractivity contribution in [3.8, 4) is 0 Å². The van der Waals surface area contributed by atoms with Crippen molar-refractivity contribution in [1.29, 1.82) is 0 Å². The highest BCUT2D eigenvalue weighted by Crippen LogP contribution is 2.40. The van der Waals surface area contributed by atoms with Crippen LogP contribution in [0.1, 0.15) is 79.6 Å². The summed E-state index contributed by atoms with van der Waals surface area (Å²) >= 11 is 0. The summed E-state index contributed by atoms with van der Waals surface area (Å²) in [5.74, 6) is -0.342. The Morgan fingerprint density at radius 2 is 1.71 bits per heavy atom. The van der Waals surface area contributed by atoms with E-state index >= 15 is 0 Å². The van der Waals surface area contributed by atoms with Gasteiger partial charge in [-0.05, 0) is 59.8 Å². The number of carbonyl (C=O) groups excluding carboxylic acids is 1. The molecule has 1 aliphatic carbocycles. The van der Waals surface area contributed by atoms with Crippen molar-refractivity contribution >= 4 is 5.97 Å². The number of esters is 1. The largest absolute Gasteiger partial charge is 0.463 e. The zero-order valence-corrected chi connectivity index (χ0v) is 16.1. The first-order valence-electron chi connectivity index (χ1n) is 9.36. The van der Waals surface area contributed by atoms with Gasteiger partial charge in [0.25, 0.3) is 0 Å². The summed E-state index contributed by atoms with van der Waals surface area (Å²) in [7, 11) is 0. The molecule has 2 atom stereocenters. The van der Waals surface area contributed by atoms with Crippen molar-refractivity contribution in [3.05, 3.63) is 0 Å². The molecule has 2 rings (SSSR count). The number of hydrogen-bond acceptors (Lipinski definition) is 5. The van der Waals surface area contributed by atoms with E-state index in [4.69, 9.17) is 9.57 Å². The van der Waals surface area contributed by atoms with E-state index in [1.54, 1.807) is 0 Å². The van der Waals surface area contributed by atoms with Crippen molar-refractivity contribution in [3.63, 3.8) is 0 Å². The smallest absolute Gasteiger partial charge is 0.302 e. The summed E-state index contributed by atoms with van der Waals surface area (Å²) in [4.78, 5) is 17.4. The molecule has 5 heteroatoms. The Hall–Kier alpha value is -0.650. The van der Waals surface area contributed by atoms with Gasteiger partial charge in [0.2, 0.25) is 0 Å². The van der Waals surface area contributed by atoms with Crippen LogP contribution in [0, 0.1) is 5.92 Å². The highest BCUT2D eigenvalue weighted by atomic mass is 16.7. The summed E-state index contributed by atoms with van der Waals surface area (Å²) in [5, 5.41) is 13.1. The monoisotopic (exact) mass is 341 g/mol. The minimum absolute atomic E-state index is 0.000809. The van der Waals surface area contributed by atoms with Crippen LogP contribution < -0.4 is 0 Å². The maximum Gasteiger partial charge on any atom is 0.302 e. The Balaban J connectivity index is 2.03. The van der Waals surface area contributed by atoms with E-state index in [1.165, 1.54) is 13.3 Å². The Bertz CT molecular complexity index is 433. The van der Waals surface area contributed by atoms with Crippen molar-refractivity contribution < 1.29 is 19.5 Å². The van der Waals surface area contributed by atoms with Crippen LogP contribution in [0.3, 0.4) is 0 Å². The van der Waals surface area contributed by atoms with Crippen LogP contribution in [-0.4, -0.2) is 46.0 Å². The van der Waals surface area contributed by atoms with Gasteiger partial charge < -0.3 is 9.84 Å². The zero-order valence-electron chi connectivity index (χ0n) is 16.1. The number of aliphatic hydroxyl groups is 1. The molecule has 1 saturated heterocycles. The molecule has 24 heavy (non-hydrogen) atoms. The van der Waals surface area contributed by atoms with Gasteiger partial charge in [-0.3, -0.25) is 9.63 Å². The van der Waals surface area contributed by atoms with Gasteiger partial charge >= 0.3 is 5.97 Å². The average Bonchev–Trinajstić information content (AvgIpc) is 2.45. The first-order chi connectivity index (χ1) is 11.1. The molecule has 2 fully saturated rings.